The molecule has 2 fully saturated rings. The first-order valence-electron chi connectivity index (χ1n) is 34.5. The average molecular weight is 1380 g/mol. The van der Waals surface area contributed by atoms with Crippen LogP contribution in [0, 0.1) is 0 Å². The van der Waals surface area contributed by atoms with Crippen LogP contribution in [0.3, 0.4) is 0 Å². The number of fused-ring (bicyclic) bond motifs is 4. The van der Waals surface area contributed by atoms with Crippen molar-refractivity contribution in [3.63, 3.8) is 0 Å². The molecule has 2 saturated heterocycles. The Hall–Kier alpha value is -12.7. The molecule has 508 valence electrons. The number of nitrogens with zero attached hydrogens (tertiary/aromatic N) is 15. The summed E-state index contributed by atoms with van der Waals surface area (Å²) in [6, 6.07) is 82.2. The predicted octanol–water partition coefficient (Wildman–Crippen LogP) is 16.9. The van der Waals surface area contributed by atoms with Crippen LogP contribution < -0.4 is 15.4 Å². The van der Waals surface area contributed by atoms with Gasteiger partial charge in [0.15, 0.2) is 16.8 Å². The Morgan fingerprint density at radius 2 is 0.577 bits per heavy atom. The number of halogens is 1. The first kappa shape index (κ1) is 67.2. The van der Waals surface area contributed by atoms with E-state index in [-0.39, 0.29) is 5.56 Å². The molecule has 1 N–H and O–H groups in total. The van der Waals surface area contributed by atoms with Gasteiger partial charge in [-0.15, -0.1) is 30.6 Å². The Morgan fingerprint density at radius 1 is 0.288 bits per heavy atom. The maximum Gasteiger partial charge on any atom is 0.264 e. The van der Waals surface area contributed by atoms with Gasteiger partial charge in [0.1, 0.15) is 17.1 Å². The normalized spacial score (nSPS) is 13.1. The molecular formula is C86H71ClN16O. The van der Waals surface area contributed by atoms with Gasteiger partial charge in [-0.05, 0) is 170 Å². The quantitative estimate of drug-likeness (QED) is 0.136. The molecule has 104 heavy (non-hydrogen) atoms. The summed E-state index contributed by atoms with van der Waals surface area (Å²) < 4.78 is 0. The number of hydrogen-bond acceptors (Lipinski definition) is 16. The van der Waals surface area contributed by atoms with E-state index < -0.39 is 0 Å². The standard InChI is InChI=1S/2C24H23N5.C19H12ClN3.C19H13N3O/c2*1-28-12-14-29(15-13-28)23-17-22(19-8-10-25-11-9-19)24(27-26-23)21-7-6-18-4-2-3-5-20(18)16-21;20-18-12-17(14-7-9-21-10-8-14)19(23-22-18)16-6-5-13-3-1-2-4-15(13)11-16;23-18-12-17(14-7-9-20-10-8-14)19(22-21-18)16-6-5-13-3-1-2-4-15(13)11-16/h2*2-11,16-17H,12-15H2,1H3;1-12H;1-12H,(H,21,23). The zero-order valence-electron chi connectivity index (χ0n) is 57.4. The lowest BCUT2D eigenvalue weighted by molar-refractivity contribution is 0.312. The highest BCUT2D eigenvalue weighted by molar-refractivity contribution is 6.29. The van der Waals surface area contributed by atoms with Gasteiger partial charge in [-0.25, -0.2) is 5.10 Å². The molecule has 0 bridgehead atoms. The van der Waals surface area contributed by atoms with Crippen molar-refractivity contribution in [1.82, 2.24) is 70.5 Å². The Balaban J connectivity index is 0.000000112. The van der Waals surface area contributed by atoms with Crippen molar-refractivity contribution in [3.05, 3.63) is 308 Å². The summed E-state index contributed by atoms with van der Waals surface area (Å²) in [5.74, 6) is 1.88. The lowest BCUT2D eigenvalue weighted by Gasteiger charge is -2.33. The maximum atomic E-state index is 11.7. The molecule has 0 atom stereocenters. The molecule has 0 spiro atoms. The van der Waals surface area contributed by atoms with E-state index in [0.717, 1.165) is 159 Å². The number of piperazine rings is 2. The van der Waals surface area contributed by atoms with Crippen LogP contribution in [-0.2, 0) is 0 Å². The van der Waals surface area contributed by atoms with Gasteiger partial charge >= 0.3 is 0 Å². The Kier molecular flexibility index (Phi) is 20.3. The van der Waals surface area contributed by atoms with E-state index in [1.54, 1.807) is 30.9 Å². The number of pyridine rings is 4. The van der Waals surface area contributed by atoms with Crippen LogP contribution in [0.1, 0.15) is 0 Å². The minimum Gasteiger partial charge on any atom is -0.353 e. The largest absolute Gasteiger partial charge is 0.353 e. The summed E-state index contributed by atoms with van der Waals surface area (Å²) in [4.78, 5) is 37.5. The summed E-state index contributed by atoms with van der Waals surface area (Å²) in [6.45, 7) is 8.04. The van der Waals surface area contributed by atoms with E-state index in [9.17, 15) is 4.79 Å². The molecule has 2 aliphatic heterocycles. The number of aromatic nitrogens is 12. The highest BCUT2D eigenvalue weighted by Gasteiger charge is 2.22. The third-order valence-electron chi connectivity index (χ3n) is 18.8. The second-order valence-corrected chi connectivity index (χ2v) is 26.0. The molecule has 0 aliphatic carbocycles. The summed E-state index contributed by atoms with van der Waals surface area (Å²) in [7, 11) is 4.32. The van der Waals surface area contributed by atoms with Crippen LogP contribution in [-0.4, -0.2) is 137 Å². The second kappa shape index (κ2) is 31.5. The summed E-state index contributed by atoms with van der Waals surface area (Å²) in [6.07, 6.45) is 14.2. The van der Waals surface area contributed by atoms with Crippen LogP contribution in [0.4, 0.5) is 11.6 Å². The van der Waals surface area contributed by atoms with Crippen molar-refractivity contribution in [2.24, 2.45) is 0 Å². The first-order valence-corrected chi connectivity index (χ1v) is 34.9. The molecule has 8 aromatic heterocycles. The van der Waals surface area contributed by atoms with Gasteiger partial charge in [-0.1, -0.05) is 157 Å². The average Bonchev–Trinajstić information content (AvgIpc) is 0.799. The van der Waals surface area contributed by atoms with Crippen LogP contribution in [0.2, 0.25) is 5.15 Å². The zero-order chi connectivity index (χ0) is 70.6. The number of aromatic amines is 1. The molecule has 17 nitrogen and oxygen atoms in total. The van der Waals surface area contributed by atoms with Crippen LogP contribution in [0.25, 0.3) is 133 Å². The lowest BCUT2D eigenvalue weighted by Crippen LogP contribution is -2.44. The topological polar surface area (TPSA) is 188 Å². The van der Waals surface area contributed by atoms with Crippen molar-refractivity contribution in [2.75, 3.05) is 76.3 Å². The zero-order valence-corrected chi connectivity index (χ0v) is 58.1. The molecule has 18 heteroatoms. The van der Waals surface area contributed by atoms with Gasteiger partial charge < -0.3 is 19.6 Å². The van der Waals surface area contributed by atoms with Crippen LogP contribution in [0.5, 0.6) is 0 Å². The Labute approximate surface area is 606 Å². The summed E-state index contributed by atoms with van der Waals surface area (Å²) >= 11 is 6.06. The molecule has 2 aliphatic rings. The molecule has 0 saturated carbocycles. The number of H-pyrrole nitrogens is 1. The van der Waals surface area contributed by atoms with Gasteiger partial charge in [0, 0.05) is 153 Å². The van der Waals surface area contributed by atoms with Crippen molar-refractivity contribution in [3.8, 4) is 89.5 Å². The van der Waals surface area contributed by atoms with Gasteiger partial charge in [0.25, 0.3) is 5.56 Å². The molecule has 0 amide bonds. The minimum atomic E-state index is -0.221. The smallest absolute Gasteiger partial charge is 0.264 e. The van der Waals surface area contributed by atoms with Gasteiger partial charge in [0.05, 0.1) is 5.69 Å². The summed E-state index contributed by atoms with van der Waals surface area (Å²) in [5.41, 5.74) is 15.3. The Bertz CT molecular complexity index is 5520. The number of likely N-dealkylation sites (N-methyl/N-ethyl adjacent to an activating group) is 2. The van der Waals surface area contributed by atoms with Gasteiger partial charge in [-0.3, -0.25) is 24.7 Å². The highest BCUT2D eigenvalue weighted by Crippen LogP contribution is 2.38. The third kappa shape index (κ3) is 15.6. The van der Waals surface area contributed by atoms with E-state index in [1.807, 2.05) is 110 Å². The molecular weight excluding hydrogens is 1310 g/mol. The number of nitrogens with one attached hydrogen (secondary N) is 1. The van der Waals surface area contributed by atoms with Crippen molar-refractivity contribution < 1.29 is 0 Å². The fourth-order valence-corrected chi connectivity index (χ4v) is 13.3. The SMILES string of the molecule is CN1CCN(c2cc(-c3ccncc3)c(-c3ccc4ccccc4c3)nn2)CC1.CN1CCN(c2cc(-c3ccncc3)c(-c3ccc4ccccc4c3)nn2)CC1.Clc1cc(-c2ccncc2)c(-c2ccc3ccccc3c2)nn1.O=c1cc(-c2ccncc2)c(-c2ccc3ccccc3c2)n[nH]1. The molecule has 10 heterocycles. The number of anilines is 2. The van der Waals surface area contributed by atoms with E-state index in [2.05, 4.69) is 236 Å². The highest BCUT2D eigenvalue weighted by atomic mass is 35.5. The predicted molar refractivity (Wildman–Crippen MR) is 420 cm³/mol. The fraction of sp³-hybridized carbons (Fsp3) is 0.116. The fourth-order valence-electron chi connectivity index (χ4n) is 13.1. The minimum absolute atomic E-state index is 0.221. The van der Waals surface area contributed by atoms with Crippen LogP contribution in [0.15, 0.2) is 297 Å². The van der Waals surface area contributed by atoms with E-state index in [0.29, 0.717) is 5.15 Å². The van der Waals surface area contributed by atoms with E-state index in [4.69, 9.17) is 21.8 Å². The monoisotopic (exact) mass is 1380 g/mol. The Morgan fingerprint density at radius 3 is 0.913 bits per heavy atom. The number of rotatable bonds is 10. The van der Waals surface area contributed by atoms with Crippen LogP contribution >= 0.6 is 11.6 Å². The lowest BCUT2D eigenvalue weighted by atomic mass is 9.98. The number of hydrogen-bond donors (Lipinski definition) is 1. The molecule has 0 unspecified atom stereocenters. The molecule has 18 rings (SSSR count). The molecule has 16 aromatic rings. The van der Waals surface area contributed by atoms with Crippen molar-refractivity contribution in [1.29, 1.82) is 0 Å². The van der Waals surface area contributed by atoms with Gasteiger partial charge in [0.2, 0.25) is 0 Å². The van der Waals surface area contributed by atoms with Gasteiger partial charge in [-0.2, -0.15) is 5.10 Å². The van der Waals surface area contributed by atoms with Crippen molar-refractivity contribution >= 4 is 66.3 Å². The second-order valence-electron chi connectivity index (χ2n) is 25.6. The van der Waals surface area contributed by atoms with E-state index >= 15 is 0 Å². The van der Waals surface area contributed by atoms with Crippen molar-refractivity contribution in [2.45, 2.75) is 0 Å². The molecule has 8 aromatic carbocycles. The number of benzene rings is 8. The summed E-state index contributed by atoms with van der Waals surface area (Å²) in [5, 5.41) is 43.7. The molecule has 0 radical (unpaired) electrons. The maximum absolute atomic E-state index is 11.7. The first-order chi connectivity index (χ1) is 51.2. The third-order valence-corrected chi connectivity index (χ3v) is 19.0. The van der Waals surface area contributed by atoms with E-state index in [1.165, 1.54) is 37.7 Å².